The van der Waals surface area contributed by atoms with Crippen molar-refractivity contribution in [1.82, 2.24) is 9.88 Å². The van der Waals surface area contributed by atoms with Gasteiger partial charge in [0.2, 0.25) is 5.91 Å². The van der Waals surface area contributed by atoms with Gasteiger partial charge in [0.05, 0.1) is 6.54 Å². The lowest BCUT2D eigenvalue weighted by Crippen LogP contribution is -2.39. The molecular formula is C25H26N4O2S. The van der Waals surface area contributed by atoms with Crippen LogP contribution in [0.5, 0.6) is 0 Å². The summed E-state index contributed by atoms with van der Waals surface area (Å²) < 4.78 is 0. The molecule has 3 heterocycles. The van der Waals surface area contributed by atoms with Crippen molar-refractivity contribution in [3.63, 3.8) is 0 Å². The van der Waals surface area contributed by atoms with Gasteiger partial charge in [0.25, 0.3) is 5.91 Å². The molecule has 1 saturated heterocycles. The number of anilines is 2. The standard InChI is InChI=1S/C25H26N4O2S/c30-21-18-28(16-19-10-4-1-5-11-19)24(31)22-23(29(21)17-20-12-6-2-7-13-20)26-25(32-22)27-14-8-3-9-15-27/h1-2,4-7,10-13H,3,8-9,14-18H2. The molecule has 0 spiro atoms. The van der Waals surface area contributed by atoms with Crippen LogP contribution < -0.4 is 9.80 Å². The van der Waals surface area contributed by atoms with Crippen LogP contribution in [0.1, 0.15) is 40.1 Å². The smallest absolute Gasteiger partial charge is 0.268 e. The van der Waals surface area contributed by atoms with Crippen molar-refractivity contribution in [2.75, 3.05) is 29.4 Å². The molecule has 32 heavy (non-hydrogen) atoms. The van der Waals surface area contributed by atoms with E-state index in [0.29, 0.717) is 23.8 Å². The molecule has 0 aliphatic carbocycles. The lowest BCUT2D eigenvalue weighted by Gasteiger charge is -2.26. The van der Waals surface area contributed by atoms with Crippen molar-refractivity contribution < 1.29 is 9.59 Å². The number of benzene rings is 2. The van der Waals surface area contributed by atoms with Crippen molar-refractivity contribution in [3.8, 4) is 0 Å². The number of carbonyl (C=O) groups is 2. The minimum atomic E-state index is -0.117. The Labute approximate surface area is 192 Å². The lowest BCUT2D eigenvalue weighted by molar-refractivity contribution is -0.119. The van der Waals surface area contributed by atoms with Gasteiger partial charge in [-0.2, -0.15) is 0 Å². The highest BCUT2D eigenvalue weighted by Gasteiger charge is 2.36. The Morgan fingerprint density at radius 2 is 1.44 bits per heavy atom. The van der Waals surface area contributed by atoms with E-state index in [4.69, 9.17) is 4.98 Å². The van der Waals surface area contributed by atoms with Crippen LogP contribution in [-0.2, 0) is 17.9 Å². The average Bonchev–Trinajstić information content (AvgIpc) is 3.25. The van der Waals surface area contributed by atoms with Gasteiger partial charge in [-0.1, -0.05) is 72.0 Å². The van der Waals surface area contributed by atoms with Crippen LogP contribution in [0, 0.1) is 0 Å². The summed E-state index contributed by atoms with van der Waals surface area (Å²) in [4.78, 5) is 38.0. The highest BCUT2D eigenvalue weighted by Crippen LogP contribution is 2.37. The van der Waals surface area contributed by atoms with Gasteiger partial charge < -0.3 is 9.80 Å². The molecule has 2 aliphatic heterocycles. The SMILES string of the molecule is O=C1c2sc(N3CCCCC3)nc2N(Cc2ccccc2)C(=O)CN1Cc1ccccc1. The average molecular weight is 447 g/mol. The maximum Gasteiger partial charge on any atom is 0.268 e. The number of hydrogen-bond acceptors (Lipinski definition) is 5. The van der Waals surface area contributed by atoms with Crippen LogP contribution in [-0.4, -0.2) is 41.3 Å². The largest absolute Gasteiger partial charge is 0.348 e. The highest BCUT2D eigenvalue weighted by atomic mass is 32.1. The molecule has 164 valence electrons. The second-order valence-electron chi connectivity index (χ2n) is 8.31. The van der Waals surface area contributed by atoms with E-state index in [2.05, 4.69) is 4.90 Å². The Kier molecular flexibility index (Phi) is 5.90. The minimum Gasteiger partial charge on any atom is -0.348 e. The first-order chi connectivity index (χ1) is 15.7. The third-order valence-electron chi connectivity index (χ3n) is 5.99. The van der Waals surface area contributed by atoms with Crippen LogP contribution in [0.25, 0.3) is 0 Å². The van der Waals surface area contributed by atoms with Gasteiger partial charge in [-0.15, -0.1) is 0 Å². The molecule has 2 amide bonds. The Balaban J connectivity index is 1.52. The molecule has 2 aliphatic rings. The van der Waals surface area contributed by atoms with Crippen molar-refractivity contribution in [2.24, 2.45) is 0 Å². The van der Waals surface area contributed by atoms with E-state index in [9.17, 15) is 9.59 Å². The summed E-state index contributed by atoms with van der Waals surface area (Å²) in [5.41, 5.74) is 2.02. The van der Waals surface area contributed by atoms with Gasteiger partial charge in [-0.05, 0) is 30.4 Å². The van der Waals surface area contributed by atoms with Crippen molar-refractivity contribution in [2.45, 2.75) is 32.4 Å². The molecule has 0 unspecified atom stereocenters. The summed E-state index contributed by atoms with van der Waals surface area (Å²) in [6, 6.07) is 19.7. The van der Waals surface area contributed by atoms with Crippen molar-refractivity contribution >= 4 is 34.1 Å². The van der Waals surface area contributed by atoms with Gasteiger partial charge in [0.15, 0.2) is 10.9 Å². The number of piperidine rings is 1. The number of hydrogen-bond donors (Lipinski definition) is 0. The topological polar surface area (TPSA) is 56.8 Å². The zero-order chi connectivity index (χ0) is 21.9. The number of thiazole rings is 1. The summed E-state index contributed by atoms with van der Waals surface area (Å²) in [5.74, 6) is 0.283. The predicted molar refractivity (Wildman–Crippen MR) is 127 cm³/mol. The molecule has 0 N–H and O–H groups in total. The molecule has 0 atom stereocenters. The van der Waals surface area contributed by atoms with Crippen LogP contribution in [0.15, 0.2) is 60.7 Å². The Bertz CT molecular complexity index is 1090. The summed E-state index contributed by atoms with van der Waals surface area (Å²) in [5, 5.41) is 0.843. The number of rotatable bonds is 5. The molecule has 5 rings (SSSR count). The molecule has 3 aromatic rings. The number of carbonyl (C=O) groups excluding carboxylic acids is 2. The molecule has 1 aromatic heterocycles. The van der Waals surface area contributed by atoms with E-state index >= 15 is 0 Å². The Morgan fingerprint density at radius 3 is 2.09 bits per heavy atom. The first kappa shape index (κ1) is 20.7. The molecule has 0 radical (unpaired) electrons. The highest BCUT2D eigenvalue weighted by molar-refractivity contribution is 7.18. The fourth-order valence-corrected chi connectivity index (χ4v) is 5.38. The van der Waals surface area contributed by atoms with Crippen LogP contribution in [0.4, 0.5) is 10.9 Å². The van der Waals surface area contributed by atoms with Crippen LogP contribution in [0.3, 0.4) is 0 Å². The van der Waals surface area contributed by atoms with Gasteiger partial charge in [0.1, 0.15) is 11.4 Å². The third kappa shape index (κ3) is 4.25. The van der Waals surface area contributed by atoms with Gasteiger partial charge >= 0.3 is 0 Å². The molecule has 6 nitrogen and oxygen atoms in total. The molecule has 7 heteroatoms. The molecule has 2 aromatic carbocycles. The summed E-state index contributed by atoms with van der Waals surface area (Å²) in [7, 11) is 0. The first-order valence-electron chi connectivity index (χ1n) is 11.1. The van der Waals surface area contributed by atoms with E-state index in [0.717, 1.165) is 42.2 Å². The van der Waals surface area contributed by atoms with Crippen LogP contribution in [0.2, 0.25) is 0 Å². The normalized spacial score (nSPS) is 16.8. The van der Waals surface area contributed by atoms with Crippen molar-refractivity contribution in [1.29, 1.82) is 0 Å². The zero-order valence-electron chi connectivity index (χ0n) is 17.9. The number of nitrogens with zero attached hydrogens (tertiary/aromatic N) is 4. The van der Waals surface area contributed by atoms with E-state index in [1.165, 1.54) is 17.8 Å². The maximum atomic E-state index is 13.6. The van der Waals surface area contributed by atoms with Gasteiger partial charge in [-0.3, -0.25) is 14.5 Å². The van der Waals surface area contributed by atoms with E-state index in [1.54, 1.807) is 9.80 Å². The minimum absolute atomic E-state index is 0.0443. The molecule has 1 fully saturated rings. The lowest BCUT2D eigenvalue weighted by atomic mass is 10.1. The summed E-state index contributed by atoms with van der Waals surface area (Å²) >= 11 is 1.42. The first-order valence-corrected chi connectivity index (χ1v) is 11.9. The predicted octanol–water partition coefficient (Wildman–Crippen LogP) is 4.32. The van der Waals surface area contributed by atoms with Crippen LogP contribution >= 0.6 is 11.3 Å². The van der Waals surface area contributed by atoms with E-state index in [1.807, 2.05) is 60.7 Å². The summed E-state index contributed by atoms with van der Waals surface area (Å²) in [6.07, 6.45) is 3.49. The van der Waals surface area contributed by atoms with Gasteiger partial charge in [-0.25, -0.2) is 4.98 Å². The number of fused-ring (bicyclic) bond motifs is 1. The van der Waals surface area contributed by atoms with E-state index < -0.39 is 0 Å². The zero-order valence-corrected chi connectivity index (χ0v) is 18.8. The Hall–Kier alpha value is -3.19. The number of amides is 2. The fraction of sp³-hybridized carbons (Fsp3) is 0.320. The summed E-state index contributed by atoms with van der Waals surface area (Å²) in [6.45, 7) is 2.74. The monoisotopic (exact) mass is 446 g/mol. The maximum absolute atomic E-state index is 13.6. The second-order valence-corrected chi connectivity index (χ2v) is 9.29. The second kappa shape index (κ2) is 9.12. The molecule has 0 bridgehead atoms. The molecular weight excluding hydrogens is 420 g/mol. The van der Waals surface area contributed by atoms with E-state index in [-0.39, 0.29) is 18.4 Å². The quantitative estimate of drug-likeness (QED) is 0.586. The molecule has 0 saturated carbocycles. The van der Waals surface area contributed by atoms with Crippen molar-refractivity contribution in [3.05, 3.63) is 76.7 Å². The number of aromatic nitrogens is 1. The fourth-order valence-electron chi connectivity index (χ4n) is 4.29. The van der Waals surface area contributed by atoms with Gasteiger partial charge in [0, 0.05) is 19.6 Å². The Morgan fingerprint density at radius 1 is 0.812 bits per heavy atom. The third-order valence-corrected chi connectivity index (χ3v) is 7.08.